The Morgan fingerprint density at radius 3 is 3.23 bits per heavy atom. The standard InChI is InChI=1S/C9H15N3S/c1-12(9-11-5-6-13-9)8-3-2-4-10-7-8/h5-6,8,10H,2-4,7H2,1H3/t8-/m1/s1. The van der Waals surface area contributed by atoms with E-state index in [0.29, 0.717) is 6.04 Å². The Balaban J connectivity index is 1.99. The van der Waals surface area contributed by atoms with Crippen molar-refractivity contribution in [3.8, 4) is 0 Å². The number of aromatic nitrogens is 1. The summed E-state index contributed by atoms with van der Waals surface area (Å²) in [7, 11) is 2.14. The van der Waals surface area contributed by atoms with Gasteiger partial charge in [-0.15, -0.1) is 11.3 Å². The van der Waals surface area contributed by atoms with Crippen molar-refractivity contribution >= 4 is 16.5 Å². The van der Waals surface area contributed by atoms with Crippen LogP contribution in [0.3, 0.4) is 0 Å². The first kappa shape index (κ1) is 8.97. The molecule has 1 aromatic rings. The molecule has 4 heteroatoms. The molecule has 0 aromatic carbocycles. The lowest BCUT2D eigenvalue weighted by atomic mass is 10.1. The zero-order valence-electron chi connectivity index (χ0n) is 7.86. The molecule has 0 unspecified atom stereocenters. The fraction of sp³-hybridized carbons (Fsp3) is 0.667. The van der Waals surface area contributed by atoms with Gasteiger partial charge in [-0.05, 0) is 19.4 Å². The van der Waals surface area contributed by atoms with Crippen LogP contribution in [0.4, 0.5) is 5.13 Å². The first-order chi connectivity index (χ1) is 6.38. The molecule has 72 valence electrons. The molecule has 0 amide bonds. The maximum atomic E-state index is 4.31. The van der Waals surface area contributed by atoms with Crippen molar-refractivity contribution in [2.45, 2.75) is 18.9 Å². The van der Waals surface area contributed by atoms with Crippen LogP contribution in [0.2, 0.25) is 0 Å². The number of thiazole rings is 1. The van der Waals surface area contributed by atoms with Gasteiger partial charge in [-0.25, -0.2) is 4.98 Å². The quantitative estimate of drug-likeness (QED) is 0.775. The Kier molecular flexibility index (Phi) is 2.80. The number of nitrogens with one attached hydrogen (secondary N) is 1. The topological polar surface area (TPSA) is 28.2 Å². The molecule has 0 spiro atoms. The molecule has 0 bridgehead atoms. The number of hydrogen-bond donors (Lipinski definition) is 1. The van der Waals surface area contributed by atoms with Gasteiger partial charge in [0, 0.05) is 31.2 Å². The fourth-order valence-electron chi connectivity index (χ4n) is 1.71. The van der Waals surface area contributed by atoms with Crippen LogP contribution in [-0.2, 0) is 0 Å². The molecule has 3 nitrogen and oxygen atoms in total. The van der Waals surface area contributed by atoms with Crippen LogP contribution in [0, 0.1) is 0 Å². The van der Waals surface area contributed by atoms with Gasteiger partial charge in [-0.1, -0.05) is 0 Å². The van der Waals surface area contributed by atoms with Gasteiger partial charge in [0.25, 0.3) is 0 Å². The van der Waals surface area contributed by atoms with Gasteiger partial charge in [0.05, 0.1) is 0 Å². The summed E-state index contributed by atoms with van der Waals surface area (Å²) in [5, 5.41) is 6.58. The van der Waals surface area contributed by atoms with Crippen molar-refractivity contribution in [1.82, 2.24) is 10.3 Å². The van der Waals surface area contributed by atoms with Gasteiger partial charge in [0.2, 0.25) is 0 Å². The first-order valence-electron chi connectivity index (χ1n) is 4.71. The molecule has 2 heterocycles. The number of piperidine rings is 1. The second kappa shape index (κ2) is 4.07. The highest BCUT2D eigenvalue weighted by Crippen LogP contribution is 2.20. The minimum absolute atomic E-state index is 0.625. The van der Waals surface area contributed by atoms with Crippen molar-refractivity contribution in [1.29, 1.82) is 0 Å². The number of likely N-dealkylation sites (N-methyl/N-ethyl adjacent to an activating group) is 1. The van der Waals surface area contributed by atoms with Crippen molar-refractivity contribution in [2.75, 3.05) is 25.0 Å². The molecule has 0 saturated carbocycles. The molecule has 1 N–H and O–H groups in total. The van der Waals surface area contributed by atoms with E-state index >= 15 is 0 Å². The lowest BCUT2D eigenvalue weighted by molar-refractivity contribution is 0.445. The summed E-state index contributed by atoms with van der Waals surface area (Å²) >= 11 is 1.71. The summed E-state index contributed by atoms with van der Waals surface area (Å²) in [4.78, 5) is 6.60. The largest absolute Gasteiger partial charge is 0.347 e. The average Bonchev–Trinajstić information content (AvgIpc) is 2.71. The van der Waals surface area contributed by atoms with E-state index in [9.17, 15) is 0 Å². The summed E-state index contributed by atoms with van der Waals surface area (Å²) in [6, 6.07) is 0.625. The first-order valence-corrected chi connectivity index (χ1v) is 5.59. The highest BCUT2D eigenvalue weighted by atomic mass is 32.1. The third kappa shape index (κ3) is 2.00. The molecule has 1 aromatic heterocycles. The highest BCUT2D eigenvalue weighted by molar-refractivity contribution is 7.13. The Bertz CT molecular complexity index is 241. The maximum absolute atomic E-state index is 4.31. The molecule has 1 saturated heterocycles. The van der Waals surface area contributed by atoms with Crippen LogP contribution in [0.15, 0.2) is 11.6 Å². The van der Waals surface area contributed by atoms with Crippen molar-refractivity contribution < 1.29 is 0 Å². The van der Waals surface area contributed by atoms with Gasteiger partial charge >= 0.3 is 0 Å². The highest BCUT2D eigenvalue weighted by Gasteiger charge is 2.18. The Hall–Kier alpha value is -0.610. The second-order valence-corrected chi connectivity index (χ2v) is 4.30. The van der Waals surface area contributed by atoms with Gasteiger partial charge in [0.15, 0.2) is 5.13 Å². The van der Waals surface area contributed by atoms with Gasteiger partial charge in [-0.2, -0.15) is 0 Å². The molecular formula is C9H15N3S. The zero-order valence-corrected chi connectivity index (χ0v) is 8.68. The normalized spacial score (nSPS) is 23.0. The average molecular weight is 197 g/mol. The SMILES string of the molecule is CN(c1nccs1)[C@@H]1CCCNC1. The molecule has 1 fully saturated rings. The monoisotopic (exact) mass is 197 g/mol. The lowest BCUT2D eigenvalue weighted by Crippen LogP contribution is -2.44. The molecule has 1 atom stereocenters. The third-order valence-electron chi connectivity index (χ3n) is 2.54. The summed E-state index contributed by atoms with van der Waals surface area (Å²) in [6.45, 7) is 2.26. The number of anilines is 1. The molecular weight excluding hydrogens is 182 g/mol. The van der Waals surface area contributed by atoms with Crippen molar-refractivity contribution in [3.63, 3.8) is 0 Å². The van der Waals surface area contributed by atoms with Crippen LogP contribution in [0.5, 0.6) is 0 Å². The van der Waals surface area contributed by atoms with Crippen LogP contribution in [-0.4, -0.2) is 31.2 Å². The minimum atomic E-state index is 0.625. The summed E-state index contributed by atoms with van der Waals surface area (Å²) in [5.41, 5.74) is 0. The van der Waals surface area contributed by atoms with Crippen LogP contribution >= 0.6 is 11.3 Å². The smallest absolute Gasteiger partial charge is 0.185 e. The lowest BCUT2D eigenvalue weighted by Gasteiger charge is -2.31. The number of hydrogen-bond acceptors (Lipinski definition) is 4. The number of nitrogens with zero attached hydrogens (tertiary/aromatic N) is 2. The van der Waals surface area contributed by atoms with E-state index in [1.165, 1.54) is 19.4 Å². The third-order valence-corrected chi connectivity index (χ3v) is 3.40. The van der Waals surface area contributed by atoms with E-state index in [-0.39, 0.29) is 0 Å². The van der Waals surface area contributed by atoms with Gasteiger partial charge < -0.3 is 10.2 Å². The maximum Gasteiger partial charge on any atom is 0.185 e. The number of rotatable bonds is 2. The fourth-order valence-corrected chi connectivity index (χ4v) is 2.39. The van der Waals surface area contributed by atoms with E-state index in [1.807, 2.05) is 11.6 Å². The Morgan fingerprint density at radius 2 is 2.62 bits per heavy atom. The Labute approximate surface area is 82.8 Å². The summed E-state index contributed by atoms with van der Waals surface area (Å²) in [6.07, 6.45) is 4.43. The Morgan fingerprint density at radius 1 is 1.69 bits per heavy atom. The van der Waals surface area contributed by atoms with Crippen LogP contribution in [0.1, 0.15) is 12.8 Å². The van der Waals surface area contributed by atoms with Crippen LogP contribution in [0.25, 0.3) is 0 Å². The van der Waals surface area contributed by atoms with E-state index < -0.39 is 0 Å². The summed E-state index contributed by atoms with van der Waals surface area (Å²) in [5.74, 6) is 0. The van der Waals surface area contributed by atoms with Crippen LogP contribution < -0.4 is 10.2 Å². The van der Waals surface area contributed by atoms with Crippen molar-refractivity contribution in [3.05, 3.63) is 11.6 Å². The molecule has 0 aliphatic carbocycles. The van der Waals surface area contributed by atoms with E-state index in [1.54, 1.807) is 11.3 Å². The van der Waals surface area contributed by atoms with E-state index in [4.69, 9.17) is 0 Å². The van der Waals surface area contributed by atoms with E-state index in [2.05, 4.69) is 22.2 Å². The predicted molar refractivity (Wildman–Crippen MR) is 56.4 cm³/mol. The predicted octanol–water partition coefficient (Wildman–Crippen LogP) is 1.33. The van der Waals surface area contributed by atoms with Gasteiger partial charge in [0.1, 0.15) is 0 Å². The minimum Gasteiger partial charge on any atom is -0.347 e. The molecule has 1 aliphatic heterocycles. The zero-order chi connectivity index (χ0) is 9.10. The molecule has 2 rings (SSSR count). The van der Waals surface area contributed by atoms with Crippen molar-refractivity contribution in [2.24, 2.45) is 0 Å². The second-order valence-electron chi connectivity index (χ2n) is 3.43. The van der Waals surface area contributed by atoms with E-state index in [0.717, 1.165) is 11.7 Å². The molecule has 0 radical (unpaired) electrons. The summed E-state index contributed by atoms with van der Waals surface area (Å²) < 4.78 is 0. The molecule has 13 heavy (non-hydrogen) atoms. The molecule has 1 aliphatic rings. The van der Waals surface area contributed by atoms with Gasteiger partial charge in [-0.3, -0.25) is 0 Å².